The molecule has 0 fully saturated rings. The number of azide groups is 1. The summed E-state index contributed by atoms with van der Waals surface area (Å²) in [6, 6.07) is 16.9. The number of hydrogen-bond donors (Lipinski definition) is 0. The van der Waals surface area contributed by atoms with Gasteiger partial charge in [-0.15, -0.1) is 0 Å². The predicted octanol–water partition coefficient (Wildman–Crippen LogP) is 3.03. The summed E-state index contributed by atoms with van der Waals surface area (Å²) in [7, 11) is 0. The van der Waals surface area contributed by atoms with E-state index >= 15 is 0 Å². The minimum absolute atomic E-state index is 0. The number of benzene rings is 2. The Hall–Kier alpha value is -3.35. The number of alkyl halides is 1. The molecule has 2 heterocycles. The average molecular weight is 789 g/mol. The van der Waals surface area contributed by atoms with E-state index in [0.717, 1.165) is 21.8 Å². The van der Waals surface area contributed by atoms with Crippen LogP contribution in [0.1, 0.15) is 0 Å². The van der Waals surface area contributed by atoms with E-state index in [-0.39, 0.29) is 35.2 Å². The summed E-state index contributed by atoms with van der Waals surface area (Å²) < 4.78 is 43.5. The molecule has 0 radical (unpaired) electrons. The Bertz CT molecular complexity index is 1680. The number of nitrogens with zero attached hydrogens (tertiary/aromatic N) is 6. The van der Waals surface area contributed by atoms with Gasteiger partial charge in [0.2, 0.25) is 0 Å². The predicted molar refractivity (Wildman–Crippen MR) is 182 cm³/mol. The Morgan fingerprint density at radius 1 is 0.604 bits per heavy atom. The standard InChI is InChI=1S/C15H17IO5.C15H17N3O5.N3.Na/c16-5-6-18-7-8-19-9-10-20-13-3-1-12-2-4-15(17)21-14(12)11-13;16-18-17-5-6-20-7-8-21-9-10-22-13-3-1-12-2-4-15(19)23-14(12)11-13;1-3-2;/h1-4,11H,5-10H2;1-4,11H,5-10H2;;/q;;-1;+1. The maximum Gasteiger partial charge on any atom is 1.00 e. The molecule has 2 aromatic heterocycles. The molecule has 4 rings (SSSR count). The Morgan fingerprint density at radius 3 is 1.44 bits per heavy atom. The van der Waals surface area contributed by atoms with Crippen molar-refractivity contribution in [3.63, 3.8) is 0 Å². The number of ether oxygens (including phenoxy) is 6. The molecule has 2 aromatic carbocycles. The molecule has 0 N–H and O–H groups in total. The van der Waals surface area contributed by atoms with E-state index in [4.69, 9.17) is 53.8 Å². The summed E-state index contributed by atoms with van der Waals surface area (Å²) in [5, 5.41) is 5.05. The first kappa shape index (κ1) is 42.7. The van der Waals surface area contributed by atoms with Crippen molar-refractivity contribution < 1.29 is 66.8 Å². The van der Waals surface area contributed by atoms with Crippen molar-refractivity contribution in [2.24, 2.45) is 5.11 Å². The van der Waals surface area contributed by atoms with Gasteiger partial charge in [0.05, 0.1) is 52.9 Å². The molecule has 0 saturated carbocycles. The summed E-state index contributed by atoms with van der Waals surface area (Å²) in [6.45, 7) is 5.20. The normalized spacial score (nSPS) is 9.94. The van der Waals surface area contributed by atoms with Crippen LogP contribution in [0.5, 0.6) is 11.5 Å². The van der Waals surface area contributed by atoms with Crippen LogP contribution in [0.15, 0.2) is 84.2 Å². The van der Waals surface area contributed by atoms with Gasteiger partial charge in [0.1, 0.15) is 35.9 Å². The first-order chi connectivity index (χ1) is 23.0. The monoisotopic (exact) mass is 788 g/mol. The van der Waals surface area contributed by atoms with Crippen LogP contribution < -0.4 is 50.3 Å². The van der Waals surface area contributed by atoms with Gasteiger partial charge in [-0.1, -0.05) is 27.7 Å². The number of fused-ring (bicyclic) bond motifs is 2. The number of rotatable bonds is 19. The molecule has 0 saturated heterocycles. The zero-order chi connectivity index (χ0) is 34.0. The van der Waals surface area contributed by atoms with E-state index < -0.39 is 5.63 Å². The van der Waals surface area contributed by atoms with Crippen molar-refractivity contribution in [3.8, 4) is 11.5 Å². The molecule has 16 nitrogen and oxygen atoms in total. The molecule has 0 amide bonds. The fraction of sp³-hybridized carbons (Fsp3) is 0.400. The van der Waals surface area contributed by atoms with Gasteiger partial charge < -0.3 is 48.3 Å². The third-order valence-electron chi connectivity index (χ3n) is 5.55. The van der Waals surface area contributed by atoms with E-state index in [1.54, 1.807) is 30.3 Å². The molecule has 48 heavy (non-hydrogen) atoms. The van der Waals surface area contributed by atoms with Crippen LogP contribution in [-0.4, -0.2) is 77.0 Å². The minimum Gasteiger partial charge on any atom is -0.491 e. The molecule has 0 aliphatic rings. The van der Waals surface area contributed by atoms with Crippen molar-refractivity contribution in [1.82, 2.24) is 0 Å². The number of hydrogen-bond acceptors (Lipinski definition) is 11. The fourth-order valence-corrected chi connectivity index (χ4v) is 3.86. The summed E-state index contributed by atoms with van der Waals surface area (Å²) in [4.78, 5) is 26.5. The minimum atomic E-state index is -0.390. The topological polar surface area (TPSA) is 223 Å². The van der Waals surface area contributed by atoms with Crippen LogP contribution in [0, 0.1) is 0 Å². The second-order valence-electron chi connectivity index (χ2n) is 8.79. The third-order valence-corrected chi connectivity index (χ3v) is 5.99. The maximum absolute atomic E-state index is 11.2. The Morgan fingerprint density at radius 2 is 1.00 bits per heavy atom. The van der Waals surface area contributed by atoms with E-state index in [2.05, 4.69) is 32.6 Å². The van der Waals surface area contributed by atoms with Gasteiger partial charge in [-0.05, 0) is 41.9 Å². The van der Waals surface area contributed by atoms with Crippen molar-refractivity contribution in [3.05, 3.63) is 108 Å². The SMILES string of the molecule is O=c1ccc2ccc(OCCOCCOCCI)cc2o1.[N-]=[N+]=NCCOCCOCCOc1ccc2ccc(=O)oc2c1.[N-]=[N+]=[N-].[Na+]. The van der Waals surface area contributed by atoms with Crippen LogP contribution in [0.3, 0.4) is 0 Å². The van der Waals surface area contributed by atoms with Gasteiger partial charge in [-0.25, -0.2) is 9.59 Å². The molecule has 18 heteroatoms. The van der Waals surface area contributed by atoms with Crippen molar-refractivity contribution in [2.45, 2.75) is 0 Å². The maximum atomic E-state index is 11.2. The zero-order valence-corrected chi connectivity index (χ0v) is 30.6. The molecule has 0 aliphatic carbocycles. The van der Waals surface area contributed by atoms with E-state index in [0.29, 0.717) is 88.7 Å². The van der Waals surface area contributed by atoms with Crippen LogP contribution in [0.25, 0.3) is 48.4 Å². The van der Waals surface area contributed by atoms with E-state index in [1.807, 2.05) is 18.2 Å². The summed E-state index contributed by atoms with van der Waals surface area (Å²) in [5.74, 6) is 1.27. The number of halogens is 1. The molecular formula is C30H34IN6NaO10. The van der Waals surface area contributed by atoms with Crippen LogP contribution in [-0.2, 0) is 18.9 Å². The molecular weight excluding hydrogens is 754 g/mol. The Kier molecular flexibility index (Phi) is 24.5. The molecule has 252 valence electrons. The molecule has 0 unspecified atom stereocenters. The van der Waals surface area contributed by atoms with E-state index in [1.165, 1.54) is 17.0 Å². The van der Waals surface area contributed by atoms with Gasteiger partial charge in [-0.2, -0.15) is 0 Å². The van der Waals surface area contributed by atoms with Gasteiger partial charge in [-0.3, -0.25) is 4.91 Å². The smallest absolute Gasteiger partial charge is 0.491 e. The fourth-order valence-electron chi connectivity index (χ4n) is 3.55. The van der Waals surface area contributed by atoms with Gasteiger partial charge in [0.15, 0.2) is 0 Å². The van der Waals surface area contributed by atoms with Crippen molar-refractivity contribution >= 4 is 44.5 Å². The van der Waals surface area contributed by atoms with Gasteiger partial charge in [0.25, 0.3) is 0 Å². The Labute approximate surface area is 311 Å². The summed E-state index contributed by atoms with van der Waals surface area (Å²) in [5.41, 5.74) is 21.8. The van der Waals surface area contributed by atoms with Crippen molar-refractivity contribution in [2.75, 3.05) is 77.0 Å². The zero-order valence-electron chi connectivity index (χ0n) is 26.4. The van der Waals surface area contributed by atoms with Crippen LogP contribution in [0.2, 0.25) is 0 Å². The molecule has 0 spiro atoms. The van der Waals surface area contributed by atoms with Gasteiger partial charge in [0, 0.05) is 50.9 Å². The molecule has 4 aromatic rings. The third kappa shape index (κ3) is 18.8. The van der Waals surface area contributed by atoms with Crippen LogP contribution in [0.4, 0.5) is 0 Å². The quantitative estimate of drug-likeness (QED) is 0.0197. The average Bonchev–Trinajstić information content (AvgIpc) is 3.07. The molecule has 0 aliphatic heterocycles. The molecule has 0 bridgehead atoms. The first-order valence-electron chi connectivity index (χ1n) is 14.2. The largest absolute Gasteiger partial charge is 1.00 e. The van der Waals surface area contributed by atoms with Gasteiger partial charge >= 0.3 is 40.8 Å². The second-order valence-corrected chi connectivity index (χ2v) is 9.87. The molecule has 0 atom stereocenters. The van der Waals surface area contributed by atoms with E-state index in [9.17, 15) is 9.59 Å². The summed E-state index contributed by atoms with van der Waals surface area (Å²) >= 11 is 2.26. The first-order valence-corrected chi connectivity index (χ1v) is 15.7. The van der Waals surface area contributed by atoms with Crippen molar-refractivity contribution in [1.29, 1.82) is 0 Å². The summed E-state index contributed by atoms with van der Waals surface area (Å²) in [6.07, 6.45) is 0. The van der Waals surface area contributed by atoms with Crippen LogP contribution >= 0.6 is 22.6 Å². The Balaban J connectivity index is 0.000000437. The second kappa shape index (κ2) is 27.6.